The molecule has 2 aromatic carbocycles. The molecular weight excluding hydrogens is 272 g/mol. The normalized spacial score (nSPS) is 12.8. The monoisotopic (exact) mass is 296 g/mol. The van der Waals surface area contributed by atoms with Crippen molar-refractivity contribution in [1.82, 2.24) is 0 Å². The number of hydrogen-bond donors (Lipinski definition) is 0. The van der Waals surface area contributed by atoms with Crippen molar-refractivity contribution in [3.8, 4) is 0 Å². The summed E-state index contributed by atoms with van der Waals surface area (Å²) in [5.74, 6) is 0. The van der Waals surface area contributed by atoms with Crippen molar-refractivity contribution in [3.63, 3.8) is 0 Å². The molecule has 0 fully saturated rings. The van der Waals surface area contributed by atoms with Gasteiger partial charge in [0.1, 0.15) is 16.1 Å². The molecule has 2 aromatic rings. The van der Waals surface area contributed by atoms with Crippen LogP contribution in [0.1, 0.15) is 0 Å². The van der Waals surface area contributed by atoms with Crippen molar-refractivity contribution < 1.29 is 0 Å². The average Bonchev–Trinajstić information content (AvgIpc) is 2.47. The molecule has 0 N–H and O–H groups in total. The van der Waals surface area contributed by atoms with Crippen LogP contribution >= 0.6 is 0 Å². The van der Waals surface area contributed by atoms with E-state index in [1.165, 1.54) is 10.4 Å². The van der Waals surface area contributed by atoms with Crippen LogP contribution in [0.2, 0.25) is 26.2 Å². The Kier molecular flexibility index (Phi) is 4.46. The predicted octanol–water partition coefficient (Wildman–Crippen LogP) is 3.85. The minimum Gasteiger partial charge on any atom is -0.0978 e. The van der Waals surface area contributed by atoms with Crippen LogP contribution in [0.4, 0.5) is 0 Å². The van der Waals surface area contributed by atoms with Gasteiger partial charge in [0.25, 0.3) is 0 Å². The van der Waals surface area contributed by atoms with Gasteiger partial charge >= 0.3 is 0 Å². The van der Waals surface area contributed by atoms with Crippen molar-refractivity contribution >= 4 is 26.5 Å². The molecule has 0 aliphatic heterocycles. The van der Waals surface area contributed by atoms with Crippen LogP contribution in [0.15, 0.2) is 72.1 Å². The maximum atomic E-state index is 2.53. The molecule has 0 aliphatic rings. The zero-order valence-electron chi connectivity index (χ0n) is 12.9. The summed E-state index contributed by atoms with van der Waals surface area (Å²) < 4.78 is 0. The molecule has 20 heavy (non-hydrogen) atoms. The number of rotatable bonds is 4. The lowest BCUT2D eigenvalue weighted by molar-refractivity contribution is 1.69. The van der Waals surface area contributed by atoms with Gasteiger partial charge < -0.3 is 0 Å². The Bertz CT molecular complexity index is 515. The first-order valence-corrected chi connectivity index (χ1v) is 13.4. The smallest absolute Gasteiger partial charge is 0.0978 e. The predicted molar refractivity (Wildman–Crippen MR) is 96.3 cm³/mol. The van der Waals surface area contributed by atoms with Crippen LogP contribution in [-0.4, -0.2) is 16.1 Å². The second kappa shape index (κ2) is 5.94. The first kappa shape index (κ1) is 15.0. The van der Waals surface area contributed by atoms with Gasteiger partial charge in [-0.3, -0.25) is 0 Å². The van der Waals surface area contributed by atoms with E-state index in [1.807, 2.05) is 0 Å². The Hall–Kier alpha value is -1.39. The van der Waals surface area contributed by atoms with Gasteiger partial charge in [0.05, 0.1) is 0 Å². The lowest BCUT2D eigenvalue weighted by Gasteiger charge is -2.23. The van der Waals surface area contributed by atoms with Crippen molar-refractivity contribution in [2.24, 2.45) is 0 Å². The van der Waals surface area contributed by atoms with E-state index in [1.54, 1.807) is 0 Å². The Morgan fingerprint density at radius 1 is 0.550 bits per heavy atom. The van der Waals surface area contributed by atoms with Crippen LogP contribution in [0.25, 0.3) is 0 Å². The summed E-state index contributed by atoms with van der Waals surface area (Å²) in [5.41, 5.74) is 5.06. The summed E-state index contributed by atoms with van der Waals surface area (Å²) in [6, 6.07) is 21.9. The molecule has 104 valence electrons. The van der Waals surface area contributed by atoms with Gasteiger partial charge in [-0.25, -0.2) is 0 Å². The molecule has 0 bridgehead atoms. The van der Waals surface area contributed by atoms with Crippen molar-refractivity contribution in [2.45, 2.75) is 26.2 Å². The van der Waals surface area contributed by atoms with Gasteiger partial charge in [0.15, 0.2) is 0 Å². The van der Waals surface area contributed by atoms with E-state index in [-0.39, 0.29) is 0 Å². The van der Waals surface area contributed by atoms with E-state index in [2.05, 4.69) is 98.3 Å². The summed E-state index contributed by atoms with van der Waals surface area (Å²) in [6.45, 7) is 9.70. The minimum absolute atomic E-state index is 1.47. The van der Waals surface area contributed by atoms with Gasteiger partial charge in [-0.1, -0.05) is 109 Å². The number of hydrogen-bond acceptors (Lipinski definition) is 0. The van der Waals surface area contributed by atoms with E-state index in [0.29, 0.717) is 0 Å². The Morgan fingerprint density at radius 3 is 1.15 bits per heavy atom. The summed E-state index contributed by atoms with van der Waals surface area (Å²) in [4.78, 5) is 0. The molecule has 0 aromatic heterocycles. The molecule has 0 nitrogen and oxygen atoms in total. The quantitative estimate of drug-likeness (QED) is 0.752. The highest BCUT2D eigenvalue weighted by Gasteiger charge is 2.24. The summed E-state index contributed by atoms with van der Waals surface area (Å²) in [6.07, 6.45) is 0. The molecule has 0 radical (unpaired) electrons. The molecular formula is C18H24Si2. The van der Waals surface area contributed by atoms with E-state index in [9.17, 15) is 0 Å². The Balaban J connectivity index is 2.24. The van der Waals surface area contributed by atoms with Gasteiger partial charge in [-0.2, -0.15) is 0 Å². The zero-order chi connectivity index (χ0) is 14.6. The van der Waals surface area contributed by atoms with Crippen LogP contribution in [0.3, 0.4) is 0 Å². The largest absolute Gasteiger partial charge is 0.103 e. The molecule has 0 unspecified atom stereocenters. The fraction of sp³-hybridized carbons (Fsp3) is 0.222. The standard InChI is InChI=1S/C18H24Si2/c1-19(2,17-11-7-5-8-12-17)15-16-20(3,4)18-13-9-6-10-14-18/h5-16H,1-4H3/b16-15-. The second-order valence-electron chi connectivity index (χ2n) is 6.51. The van der Waals surface area contributed by atoms with E-state index >= 15 is 0 Å². The molecule has 0 atom stereocenters. The SMILES string of the molecule is C[Si](C)(/C=C\[Si](C)(C)c1ccccc1)c1ccccc1. The summed E-state index contributed by atoms with van der Waals surface area (Å²) in [7, 11) is -2.94. The van der Waals surface area contributed by atoms with Crippen molar-refractivity contribution in [3.05, 3.63) is 72.1 Å². The van der Waals surface area contributed by atoms with Gasteiger partial charge in [-0.05, 0) is 0 Å². The van der Waals surface area contributed by atoms with Gasteiger partial charge in [0.2, 0.25) is 0 Å². The topological polar surface area (TPSA) is 0 Å². The minimum atomic E-state index is -1.47. The van der Waals surface area contributed by atoms with Crippen LogP contribution < -0.4 is 10.4 Å². The molecule has 2 heteroatoms. The first-order valence-electron chi connectivity index (χ1n) is 7.23. The molecule has 2 rings (SSSR count). The number of benzene rings is 2. The highest BCUT2D eigenvalue weighted by Crippen LogP contribution is 2.10. The third-order valence-electron chi connectivity index (χ3n) is 3.95. The molecule has 0 aliphatic carbocycles. The maximum Gasteiger partial charge on any atom is 0.103 e. The van der Waals surface area contributed by atoms with Crippen LogP contribution in [0, 0.1) is 0 Å². The van der Waals surface area contributed by atoms with Crippen molar-refractivity contribution in [2.75, 3.05) is 0 Å². The molecule has 0 saturated heterocycles. The molecule has 0 saturated carbocycles. The third-order valence-corrected chi connectivity index (χ3v) is 9.93. The first-order chi connectivity index (χ1) is 9.42. The second-order valence-corrected chi connectivity index (χ2v) is 15.2. The van der Waals surface area contributed by atoms with E-state index < -0.39 is 16.1 Å². The fourth-order valence-electron chi connectivity index (χ4n) is 2.34. The van der Waals surface area contributed by atoms with E-state index in [4.69, 9.17) is 0 Å². The van der Waals surface area contributed by atoms with Crippen LogP contribution in [-0.2, 0) is 0 Å². The van der Waals surface area contributed by atoms with E-state index in [0.717, 1.165) is 0 Å². The lowest BCUT2D eigenvalue weighted by atomic mass is 10.4. The Morgan fingerprint density at radius 2 is 0.850 bits per heavy atom. The molecule has 0 heterocycles. The lowest BCUT2D eigenvalue weighted by Crippen LogP contribution is -2.43. The average molecular weight is 297 g/mol. The highest BCUT2D eigenvalue weighted by atomic mass is 28.3. The highest BCUT2D eigenvalue weighted by molar-refractivity contribution is 6.98. The zero-order valence-corrected chi connectivity index (χ0v) is 14.9. The third kappa shape index (κ3) is 3.58. The van der Waals surface area contributed by atoms with Gasteiger partial charge in [0, 0.05) is 0 Å². The van der Waals surface area contributed by atoms with Crippen molar-refractivity contribution in [1.29, 1.82) is 0 Å². The van der Waals surface area contributed by atoms with Crippen LogP contribution in [0.5, 0.6) is 0 Å². The fourth-order valence-corrected chi connectivity index (χ4v) is 8.17. The summed E-state index contributed by atoms with van der Waals surface area (Å²) >= 11 is 0. The molecule has 0 amide bonds. The maximum absolute atomic E-state index is 2.53. The molecule has 0 spiro atoms. The Labute approximate surface area is 125 Å². The van der Waals surface area contributed by atoms with Gasteiger partial charge in [-0.15, -0.1) is 0 Å². The summed E-state index contributed by atoms with van der Waals surface area (Å²) in [5, 5.41) is 3.02.